The Morgan fingerprint density at radius 1 is 1.28 bits per heavy atom. The summed E-state index contributed by atoms with van der Waals surface area (Å²) < 4.78 is 0. The van der Waals surface area contributed by atoms with Crippen LogP contribution in [0.25, 0.3) is 10.6 Å². The molecule has 3 rings (SSSR count). The van der Waals surface area contributed by atoms with Crippen molar-refractivity contribution in [1.82, 2.24) is 19.8 Å². The lowest BCUT2D eigenvalue weighted by atomic mass is 10.3. The first-order valence-electron chi connectivity index (χ1n) is 8.66. The average molecular weight is 360 g/mol. The van der Waals surface area contributed by atoms with Crippen LogP contribution >= 0.6 is 11.3 Å². The number of H-pyrrole nitrogens is 1. The summed E-state index contributed by atoms with van der Waals surface area (Å²) in [6.45, 7) is 9.63. The molecular formula is C18H24N4O2S. The number of rotatable bonds is 3. The highest BCUT2D eigenvalue weighted by Crippen LogP contribution is 2.27. The Morgan fingerprint density at radius 3 is 2.80 bits per heavy atom. The predicted octanol–water partition coefficient (Wildman–Crippen LogP) is 2.36. The summed E-state index contributed by atoms with van der Waals surface area (Å²) in [5, 5.41) is 0.598. The molecule has 2 aromatic rings. The van der Waals surface area contributed by atoms with Crippen LogP contribution in [0.5, 0.6) is 0 Å². The van der Waals surface area contributed by atoms with Crippen LogP contribution in [0.2, 0.25) is 0 Å². The van der Waals surface area contributed by atoms with E-state index >= 15 is 0 Å². The number of aromatic amines is 1. The lowest BCUT2D eigenvalue weighted by Gasteiger charge is -2.24. The number of pyridine rings is 1. The fraction of sp³-hybridized carbons (Fsp3) is 0.500. The number of hydrogen-bond acceptors (Lipinski definition) is 5. The summed E-state index contributed by atoms with van der Waals surface area (Å²) in [4.78, 5) is 37.0. The SMILES string of the molecule is Cc1nc(-c2ccc[nH]c2=O)sc1C(=O)N1CCCN(C(C)C)CC1. The van der Waals surface area contributed by atoms with Crippen LogP contribution in [-0.2, 0) is 0 Å². The quantitative estimate of drug-likeness (QED) is 0.912. The summed E-state index contributed by atoms with van der Waals surface area (Å²) >= 11 is 1.31. The number of nitrogens with zero attached hydrogens (tertiary/aromatic N) is 3. The average Bonchev–Trinajstić information content (AvgIpc) is 2.81. The van der Waals surface area contributed by atoms with Gasteiger partial charge in [-0.1, -0.05) is 0 Å². The molecule has 1 amide bonds. The van der Waals surface area contributed by atoms with Gasteiger partial charge in [-0.25, -0.2) is 4.98 Å². The fourth-order valence-corrected chi connectivity index (χ4v) is 4.16. The zero-order chi connectivity index (χ0) is 18.0. The van der Waals surface area contributed by atoms with Crippen molar-refractivity contribution < 1.29 is 4.79 Å². The molecule has 0 bridgehead atoms. The summed E-state index contributed by atoms with van der Waals surface area (Å²) in [6, 6.07) is 4.00. The third-order valence-corrected chi connectivity index (χ3v) is 5.77. The van der Waals surface area contributed by atoms with Gasteiger partial charge in [0.15, 0.2) is 0 Å². The van der Waals surface area contributed by atoms with Crippen LogP contribution < -0.4 is 5.56 Å². The summed E-state index contributed by atoms with van der Waals surface area (Å²) in [7, 11) is 0. The van der Waals surface area contributed by atoms with Crippen molar-refractivity contribution in [3.63, 3.8) is 0 Å². The number of amides is 1. The number of thiazole rings is 1. The van der Waals surface area contributed by atoms with E-state index in [1.165, 1.54) is 11.3 Å². The normalized spacial score (nSPS) is 16.2. The van der Waals surface area contributed by atoms with E-state index in [4.69, 9.17) is 0 Å². The van der Waals surface area contributed by atoms with Gasteiger partial charge in [0.2, 0.25) is 0 Å². The minimum Gasteiger partial charge on any atom is -0.337 e. The van der Waals surface area contributed by atoms with Gasteiger partial charge in [-0.3, -0.25) is 14.5 Å². The molecule has 1 fully saturated rings. The number of hydrogen-bond donors (Lipinski definition) is 1. The summed E-state index contributed by atoms with van der Waals surface area (Å²) in [6.07, 6.45) is 2.57. The Kier molecular flexibility index (Phi) is 5.34. The third-order valence-electron chi connectivity index (χ3n) is 4.59. The van der Waals surface area contributed by atoms with Crippen LogP contribution in [-0.4, -0.2) is 57.9 Å². The Morgan fingerprint density at radius 2 is 2.08 bits per heavy atom. The van der Waals surface area contributed by atoms with E-state index in [0.717, 1.165) is 32.6 Å². The predicted molar refractivity (Wildman–Crippen MR) is 100 cm³/mol. The zero-order valence-electron chi connectivity index (χ0n) is 14.9. The van der Waals surface area contributed by atoms with Crippen LogP contribution in [0.3, 0.4) is 0 Å². The van der Waals surface area contributed by atoms with Crippen molar-refractivity contribution in [3.05, 3.63) is 39.3 Å². The second-order valence-electron chi connectivity index (χ2n) is 6.62. The number of nitrogens with one attached hydrogen (secondary N) is 1. The first-order valence-corrected chi connectivity index (χ1v) is 9.48. The maximum Gasteiger partial charge on any atom is 0.265 e. The van der Waals surface area contributed by atoms with Crippen LogP contribution in [0.4, 0.5) is 0 Å². The maximum absolute atomic E-state index is 13.0. The molecule has 25 heavy (non-hydrogen) atoms. The van der Waals surface area contributed by atoms with Crippen molar-refractivity contribution in [2.45, 2.75) is 33.2 Å². The van der Waals surface area contributed by atoms with E-state index in [2.05, 4.69) is 28.7 Å². The van der Waals surface area contributed by atoms with Gasteiger partial charge in [-0.2, -0.15) is 0 Å². The molecule has 0 spiro atoms. The van der Waals surface area contributed by atoms with Gasteiger partial charge in [0, 0.05) is 38.4 Å². The van der Waals surface area contributed by atoms with Crippen molar-refractivity contribution in [2.75, 3.05) is 26.2 Å². The van der Waals surface area contributed by atoms with Gasteiger partial charge in [0.1, 0.15) is 9.88 Å². The fourth-order valence-electron chi connectivity index (χ4n) is 3.10. The number of carbonyl (C=O) groups excluding carboxylic acids is 1. The number of carbonyl (C=O) groups is 1. The van der Waals surface area contributed by atoms with Crippen molar-refractivity contribution in [3.8, 4) is 10.6 Å². The van der Waals surface area contributed by atoms with Crippen LogP contribution in [0, 0.1) is 6.92 Å². The van der Waals surface area contributed by atoms with Gasteiger partial charge >= 0.3 is 0 Å². The largest absolute Gasteiger partial charge is 0.337 e. The van der Waals surface area contributed by atoms with E-state index in [0.29, 0.717) is 27.2 Å². The molecule has 0 unspecified atom stereocenters. The molecule has 0 aromatic carbocycles. The lowest BCUT2D eigenvalue weighted by molar-refractivity contribution is 0.0763. The Hall–Kier alpha value is -1.99. The molecule has 7 heteroatoms. The van der Waals surface area contributed by atoms with Crippen molar-refractivity contribution >= 4 is 17.2 Å². The molecule has 1 N–H and O–H groups in total. The highest BCUT2D eigenvalue weighted by atomic mass is 32.1. The highest BCUT2D eigenvalue weighted by molar-refractivity contribution is 7.17. The molecule has 0 atom stereocenters. The molecule has 2 aromatic heterocycles. The molecule has 134 valence electrons. The van der Waals surface area contributed by atoms with Gasteiger partial charge in [-0.05, 0) is 39.3 Å². The maximum atomic E-state index is 13.0. The first kappa shape index (κ1) is 17.8. The second kappa shape index (κ2) is 7.49. The zero-order valence-corrected chi connectivity index (χ0v) is 15.7. The van der Waals surface area contributed by atoms with Gasteiger partial charge in [0.05, 0.1) is 11.3 Å². The van der Waals surface area contributed by atoms with Gasteiger partial charge in [-0.15, -0.1) is 11.3 Å². The first-order chi connectivity index (χ1) is 12.0. The lowest BCUT2D eigenvalue weighted by Crippen LogP contribution is -2.37. The topological polar surface area (TPSA) is 69.3 Å². The van der Waals surface area contributed by atoms with E-state index in [-0.39, 0.29) is 11.5 Å². The molecule has 6 nitrogen and oxygen atoms in total. The van der Waals surface area contributed by atoms with E-state index in [1.807, 2.05) is 11.8 Å². The Balaban J connectivity index is 1.81. The third kappa shape index (κ3) is 3.82. The minimum absolute atomic E-state index is 0.0271. The smallest absolute Gasteiger partial charge is 0.265 e. The van der Waals surface area contributed by atoms with E-state index < -0.39 is 0 Å². The number of aryl methyl sites for hydroxylation is 1. The molecule has 1 aliphatic heterocycles. The molecule has 1 saturated heterocycles. The minimum atomic E-state index is -0.183. The monoisotopic (exact) mass is 360 g/mol. The molecule has 0 radical (unpaired) electrons. The van der Waals surface area contributed by atoms with E-state index in [1.54, 1.807) is 18.3 Å². The Bertz CT molecular complexity index is 811. The molecule has 3 heterocycles. The molecule has 0 saturated carbocycles. The second-order valence-corrected chi connectivity index (χ2v) is 7.62. The van der Waals surface area contributed by atoms with Crippen LogP contribution in [0.1, 0.15) is 35.6 Å². The highest BCUT2D eigenvalue weighted by Gasteiger charge is 2.25. The molecule has 0 aliphatic carbocycles. The molecular weight excluding hydrogens is 336 g/mol. The van der Waals surface area contributed by atoms with Crippen molar-refractivity contribution in [1.29, 1.82) is 0 Å². The Labute approximate surface area is 151 Å². The van der Waals surface area contributed by atoms with Crippen LogP contribution in [0.15, 0.2) is 23.1 Å². The summed E-state index contributed by atoms with van der Waals surface area (Å²) in [5.41, 5.74) is 1.02. The van der Waals surface area contributed by atoms with Crippen molar-refractivity contribution in [2.24, 2.45) is 0 Å². The van der Waals surface area contributed by atoms with E-state index in [9.17, 15) is 9.59 Å². The number of aromatic nitrogens is 2. The van der Waals surface area contributed by atoms with Gasteiger partial charge in [0.25, 0.3) is 11.5 Å². The molecule has 1 aliphatic rings. The standard InChI is InChI=1S/C18H24N4O2S/c1-12(2)21-8-5-9-22(11-10-21)18(24)15-13(3)20-17(25-15)14-6-4-7-19-16(14)23/h4,6-7,12H,5,8-11H2,1-3H3,(H,19,23). The summed E-state index contributed by atoms with van der Waals surface area (Å²) in [5.74, 6) is 0.0271. The van der Waals surface area contributed by atoms with Gasteiger partial charge < -0.3 is 9.88 Å².